The minimum Gasteiger partial charge on any atom is -0.507 e. The summed E-state index contributed by atoms with van der Waals surface area (Å²) in [6, 6.07) is 15.0. The maximum atomic E-state index is 13.0. The van der Waals surface area contributed by atoms with E-state index in [1.807, 2.05) is 6.07 Å². The molecule has 0 aliphatic heterocycles. The summed E-state index contributed by atoms with van der Waals surface area (Å²) in [4.78, 5) is 25.5. The van der Waals surface area contributed by atoms with E-state index in [0.29, 0.717) is 32.7 Å². The summed E-state index contributed by atoms with van der Waals surface area (Å²) in [7, 11) is 1.78. The molecule has 3 N–H and O–H groups in total. The minimum atomic E-state index is -0.375. The van der Waals surface area contributed by atoms with Crippen LogP contribution in [0.3, 0.4) is 0 Å². The molecule has 5 rings (SSSR count). The van der Waals surface area contributed by atoms with Crippen LogP contribution in [0.1, 0.15) is 40.5 Å². The molecule has 2 aromatic heterocycles. The molecule has 36 heavy (non-hydrogen) atoms. The lowest BCUT2D eigenvalue weighted by Crippen LogP contribution is -2.30. The Morgan fingerprint density at radius 2 is 1.89 bits per heavy atom. The van der Waals surface area contributed by atoms with E-state index in [1.54, 1.807) is 60.3 Å². The number of amides is 2. The number of benzene rings is 2. The van der Waals surface area contributed by atoms with Crippen LogP contribution in [0.2, 0.25) is 10.0 Å². The largest absolute Gasteiger partial charge is 0.507 e. The van der Waals surface area contributed by atoms with Gasteiger partial charge in [-0.2, -0.15) is 9.78 Å². The zero-order valence-electron chi connectivity index (χ0n) is 19.3. The molecule has 184 valence electrons. The van der Waals surface area contributed by atoms with Gasteiger partial charge in [-0.05, 0) is 60.9 Å². The third-order valence-corrected chi connectivity index (χ3v) is 6.80. The maximum Gasteiger partial charge on any atom is 0.342 e. The Morgan fingerprint density at radius 1 is 1.08 bits per heavy atom. The molecule has 0 atom stereocenters. The molecule has 0 spiro atoms. The number of carbonyl (C=O) groups is 2. The Morgan fingerprint density at radius 3 is 2.56 bits per heavy atom. The number of hydrogen-bond donors (Lipinski definition) is 3. The Hall–Kier alpha value is -3.75. The van der Waals surface area contributed by atoms with Crippen molar-refractivity contribution in [2.24, 2.45) is 7.05 Å². The fraction of sp³-hybridized carbons (Fsp3) is 0.192. The smallest absolute Gasteiger partial charge is 0.342 e. The number of phenolic OH excluding ortho intramolecular Hbond substituents is 1. The maximum absolute atomic E-state index is 13.0. The van der Waals surface area contributed by atoms with Crippen molar-refractivity contribution in [1.29, 1.82) is 0 Å². The zero-order valence-corrected chi connectivity index (χ0v) is 20.8. The topological polar surface area (TPSA) is 101 Å². The van der Waals surface area contributed by atoms with Gasteiger partial charge in [-0.25, -0.2) is 4.79 Å². The van der Waals surface area contributed by atoms with Crippen LogP contribution in [0.4, 0.5) is 10.5 Å². The third-order valence-electron chi connectivity index (χ3n) is 6.06. The van der Waals surface area contributed by atoms with Gasteiger partial charge in [0.2, 0.25) is 0 Å². The van der Waals surface area contributed by atoms with Crippen LogP contribution in [-0.4, -0.2) is 31.4 Å². The van der Waals surface area contributed by atoms with E-state index in [4.69, 9.17) is 23.2 Å². The number of rotatable bonds is 6. The lowest BCUT2D eigenvalue weighted by atomic mass is 10.1. The SMILES string of the molecule is Cn1cccc1C(=O)Nc1ccc(-c2cc(C3CC3)n(C(=O)NCc3ccc(Cl)c(Cl)c3)n2)c(O)c1. The van der Waals surface area contributed by atoms with E-state index in [1.165, 1.54) is 10.7 Å². The van der Waals surface area contributed by atoms with Crippen molar-refractivity contribution in [3.8, 4) is 17.0 Å². The number of hydrogen-bond acceptors (Lipinski definition) is 4. The monoisotopic (exact) mass is 523 g/mol. The number of anilines is 1. The quantitative estimate of drug-likeness (QED) is 0.297. The first-order valence-corrected chi connectivity index (χ1v) is 12.1. The van der Waals surface area contributed by atoms with E-state index in [0.717, 1.165) is 24.1 Å². The number of aromatic hydroxyl groups is 1. The second-order valence-corrected chi connectivity index (χ2v) is 9.55. The number of phenols is 1. The summed E-state index contributed by atoms with van der Waals surface area (Å²) < 4.78 is 3.07. The second-order valence-electron chi connectivity index (χ2n) is 8.74. The zero-order chi connectivity index (χ0) is 25.4. The van der Waals surface area contributed by atoms with Crippen molar-refractivity contribution in [1.82, 2.24) is 19.7 Å². The molecule has 10 heteroatoms. The molecule has 1 fully saturated rings. The minimum absolute atomic E-state index is 0.0529. The molecule has 4 aromatic rings. The molecule has 0 radical (unpaired) electrons. The molecule has 8 nitrogen and oxygen atoms in total. The molecule has 0 saturated heterocycles. The highest BCUT2D eigenvalue weighted by Gasteiger charge is 2.30. The van der Waals surface area contributed by atoms with Gasteiger partial charge in [0.05, 0.1) is 21.4 Å². The van der Waals surface area contributed by atoms with Gasteiger partial charge in [0.1, 0.15) is 11.4 Å². The van der Waals surface area contributed by atoms with E-state index >= 15 is 0 Å². The van der Waals surface area contributed by atoms with Crippen LogP contribution in [0.5, 0.6) is 5.75 Å². The van der Waals surface area contributed by atoms with Gasteiger partial charge in [-0.1, -0.05) is 29.3 Å². The Kier molecular flexibility index (Phi) is 6.47. The average Bonchev–Trinajstić information content (AvgIpc) is 3.45. The van der Waals surface area contributed by atoms with Crippen LogP contribution in [0, 0.1) is 0 Å². The highest BCUT2D eigenvalue weighted by atomic mass is 35.5. The van der Waals surface area contributed by atoms with Gasteiger partial charge < -0.3 is 20.3 Å². The molecule has 0 bridgehead atoms. The van der Waals surface area contributed by atoms with Gasteiger partial charge in [0, 0.05) is 43.0 Å². The summed E-state index contributed by atoms with van der Waals surface area (Å²) in [5.74, 6) is -0.0931. The summed E-state index contributed by atoms with van der Waals surface area (Å²) >= 11 is 12.0. The van der Waals surface area contributed by atoms with Crippen LogP contribution < -0.4 is 10.6 Å². The number of carbonyl (C=O) groups excluding carboxylic acids is 2. The number of halogens is 2. The van der Waals surface area contributed by atoms with Gasteiger partial charge >= 0.3 is 6.03 Å². The van der Waals surface area contributed by atoms with Crippen molar-refractivity contribution in [3.63, 3.8) is 0 Å². The first kappa shape index (κ1) is 24.0. The molecule has 2 aromatic carbocycles. The van der Waals surface area contributed by atoms with Crippen LogP contribution in [0.15, 0.2) is 60.8 Å². The van der Waals surface area contributed by atoms with Gasteiger partial charge in [-0.3, -0.25) is 4.79 Å². The van der Waals surface area contributed by atoms with Crippen molar-refractivity contribution in [2.75, 3.05) is 5.32 Å². The van der Waals surface area contributed by atoms with Crippen molar-refractivity contribution < 1.29 is 14.7 Å². The third kappa shape index (κ3) is 4.96. The summed E-state index contributed by atoms with van der Waals surface area (Å²) in [5.41, 5.74) is 3.48. The molecular weight excluding hydrogens is 501 g/mol. The Bertz CT molecular complexity index is 1470. The van der Waals surface area contributed by atoms with Gasteiger partial charge in [0.15, 0.2) is 0 Å². The number of nitrogens with one attached hydrogen (secondary N) is 2. The summed E-state index contributed by atoms with van der Waals surface area (Å²) in [6.07, 6.45) is 3.73. The van der Waals surface area contributed by atoms with Crippen molar-refractivity contribution in [3.05, 3.63) is 87.8 Å². The first-order chi connectivity index (χ1) is 17.3. The van der Waals surface area contributed by atoms with Gasteiger partial charge in [-0.15, -0.1) is 0 Å². The van der Waals surface area contributed by atoms with Crippen LogP contribution >= 0.6 is 23.2 Å². The molecule has 1 aliphatic carbocycles. The van der Waals surface area contributed by atoms with E-state index in [-0.39, 0.29) is 30.2 Å². The highest BCUT2D eigenvalue weighted by Crippen LogP contribution is 2.42. The standard InChI is InChI=1S/C26H23Cl2N5O3/c1-32-10-2-3-22(32)25(35)30-17-7-8-18(24(34)12-17)21-13-23(16-5-6-16)33(31-21)26(36)29-14-15-4-9-19(27)20(28)11-15/h2-4,7-13,16,34H,5-6,14H2,1H3,(H,29,36)(H,30,35). The predicted molar refractivity (Wildman–Crippen MR) is 139 cm³/mol. The molecule has 0 unspecified atom stereocenters. The van der Waals surface area contributed by atoms with E-state index < -0.39 is 0 Å². The fourth-order valence-electron chi connectivity index (χ4n) is 3.98. The normalized spacial score (nSPS) is 13.0. The van der Waals surface area contributed by atoms with E-state index in [2.05, 4.69) is 15.7 Å². The lowest BCUT2D eigenvalue weighted by molar-refractivity contribution is 0.101. The van der Waals surface area contributed by atoms with E-state index in [9.17, 15) is 14.7 Å². The molecular formula is C26H23Cl2N5O3. The van der Waals surface area contributed by atoms with Crippen LogP contribution in [-0.2, 0) is 13.6 Å². The predicted octanol–water partition coefficient (Wildman–Crippen LogP) is 5.79. The Labute approximate surface area is 217 Å². The molecule has 2 amide bonds. The number of nitrogens with zero attached hydrogens (tertiary/aromatic N) is 3. The fourth-order valence-corrected chi connectivity index (χ4v) is 4.30. The summed E-state index contributed by atoms with van der Waals surface area (Å²) in [6.45, 7) is 0.260. The number of aromatic nitrogens is 3. The van der Waals surface area contributed by atoms with Gasteiger partial charge in [0.25, 0.3) is 5.91 Å². The van der Waals surface area contributed by atoms with Crippen LogP contribution in [0.25, 0.3) is 11.3 Å². The molecule has 1 saturated carbocycles. The summed E-state index contributed by atoms with van der Waals surface area (Å²) in [5, 5.41) is 21.7. The second kappa shape index (κ2) is 9.72. The average molecular weight is 524 g/mol. The lowest BCUT2D eigenvalue weighted by Gasteiger charge is -2.09. The molecule has 1 aliphatic rings. The highest BCUT2D eigenvalue weighted by molar-refractivity contribution is 6.42. The number of aryl methyl sites for hydroxylation is 1. The van der Waals surface area contributed by atoms with Crippen molar-refractivity contribution in [2.45, 2.75) is 25.3 Å². The first-order valence-electron chi connectivity index (χ1n) is 11.4. The molecule has 2 heterocycles. The van der Waals surface area contributed by atoms with Crippen molar-refractivity contribution >= 4 is 40.8 Å². The Balaban J connectivity index is 1.34.